The van der Waals surface area contributed by atoms with Crippen LogP contribution in [-0.2, 0) is 9.59 Å². The Bertz CT molecular complexity index is 782. The minimum Gasteiger partial charge on any atom is -0.378 e. The van der Waals surface area contributed by atoms with Gasteiger partial charge in [-0.2, -0.15) is 0 Å². The van der Waals surface area contributed by atoms with E-state index in [9.17, 15) is 9.59 Å². The number of aryl methyl sites for hydroxylation is 2. The average molecular weight is 353 g/mol. The van der Waals surface area contributed by atoms with Crippen molar-refractivity contribution in [3.05, 3.63) is 53.6 Å². The number of hydrogen-bond donors (Lipinski definition) is 1. The van der Waals surface area contributed by atoms with Crippen LogP contribution in [0.25, 0.3) is 0 Å². The summed E-state index contributed by atoms with van der Waals surface area (Å²) in [5.74, 6) is -0.186. The zero-order chi connectivity index (χ0) is 19.3. The SMILES string of the molecule is CC(=O)N(CCC(=O)Nc1ccc(N(C)C)cc1)c1ccc(C)c(C)c1. The van der Waals surface area contributed by atoms with Gasteiger partial charge in [0.15, 0.2) is 0 Å². The number of rotatable bonds is 6. The van der Waals surface area contributed by atoms with Gasteiger partial charge in [0.1, 0.15) is 0 Å². The van der Waals surface area contributed by atoms with Crippen molar-refractivity contribution in [3.8, 4) is 0 Å². The maximum absolute atomic E-state index is 12.3. The fourth-order valence-electron chi connectivity index (χ4n) is 2.64. The molecule has 0 radical (unpaired) electrons. The van der Waals surface area contributed by atoms with Gasteiger partial charge in [-0.3, -0.25) is 9.59 Å². The first kappa shape index (κ1) is 19.5. The van der Waals surface area contributed by atoms with E-state index in [0.717, 1.165) is 22.6 Å². The number of hydrogen-bond acceptors (Lipinski definition) is 3. The van der Waals surface area contributed by atoms with Gasteiger partial charge in [0.25, 0.3) is 0 Å². The van der Waals surface area contributed by atoms with E-state index in [1.165, 1.54) is 12.5 Å². The number of anilines is 3. The lowest BCUT2D eigenvalue weighted by atomic mass is 10.1. The van der Waals surface area contributed by atoms with E-state index in [1.807, 2.05) is 75.3 Å². The van der Waals surface area contributed by atoms with Crippen LogP contribution in [0.15, 0.2) is 42.5 Å². The van der Waals surface area contributed by atoms with Gasteiger partial charge in [0.2, 0.25) is 11.8 Å². The molecule has 26 heavy (non-hydrogen) atoms. The van der Waals surface area contributed by atoms with Crippen LogP contribution in [-0.4, -0.2) is 32.5 Å². The molecule has 2 rings (SSSR count). The van der Waals surface area contributed by atoms with Crippen LogP contribution in [0.2, 0.25) is 0 Å². The third-order valence-corrected chi connectivity index (χ3v) is 4.41. The third kappa shape index (κ3) is 5.09. The number of nitrogens with zero attached hydrogens (tertiary/aromatic N) is 2. The minimum atomic E-state index is -0.113. The van der Waals surface area contributed by atoms with E-state index in [4.69, 9.17) is 0 Å². The third-order valence-electron chi connectivity index (χ3n) is 4.41. The molecule has 0 heterocycles. The van der Waals surface area contributed by atoms with Gasteiger partial charge in [-0.05, 0) is 61.4 Å². The van der Waals surface area contributed by atoms with Crippen molar-refractivity contribution < 1.29 is 9.59 Å². The minimum absolute atomic E-state index is 0.0728. The van der Waals surface area contributed by atoms with E-state index in [0.29, 0.717) is 6.54 Å². The second kappa shape index (κ2) is 8.52. The van der Waals surface area contributed by atoms with Crippen LogP contribution in [0.5, 0.6) is 0 Å². The molecule has 0 fully saturated rings. The largest absolute Gasteiger partial charge is 0.378 e. The molecule has 0 saturated heterocycles. The highest BCUT2D eigenvalue weighted by Crippen LogP contribution is 2.20. The maximum atomic E-state index is 12.3. The molecule has 5 nitrogen and oxygen atoms in total. The molecule has 0 saturated carbocycles. The summed E-state index contributed by atoms with van der Waals surface area (Å²) in [6, 6.07) is 13.5. The van der Waals surface area contributed by atoms with Crippen LogP contribution in [0.3, 0.4) is 0 Å². The Morgan fingerprint density at radius 1 is 0.923 bits per heavy atom. The number of carbonyl (C=O) groups is 2. The molecule has 0 unspecified atom stereocenters. The van der Waals surface area contributed by atoms with Crippen molar-refractivity contribution >= 4 is 28.9 Å². The number of carbonyl (C=O) groups excluding carboxylic acids is 2. The number of nitrogens with one attached hydrogen (secondary N) is 1. The van der Waals surface area contributed by atoms with E-state index >= 15 is 0 Å². The lowest BCUT2D eigenvalue weighted by molar-refractivity contribution is -0.117. The highest BCUT2D eigenvalue weighted by Gasteiger charge is 2.14. The Morgan fingerprint density at radius 3 is 2.08 bits per heavy atom. The Balaban J connectivity index is 1.98. The van der Waals surface area contributed by atoms with E-state index in [2.05, 4.69) is 5.32 Å². The summed E-state index contributed by atoms with van der Waals surface area (Å²) in [5, 5.41) is 2.88. The Hall–Kier alpha value is -2.82. The first-order chi connectivity index (χ1) is 12.3. The molecule has 5 heteroatoms. The van der Waals surface area contributed by atoms with Gasteiger partial charge in [0.05, 0.1) is 0 Å². The predicted molar refractivity (Wildman–Crippen MR) is 108 cm³/mol. The maximum Gasteiger partial charge on any atom is 0.226 e. The molecule has 0 spiro atoms. The molecule has 0 aliphatic carbocycles. The molecule has 0 aliphatic rings. The topological polar surface area (TPSA) is 52.7 Å². The first-order valence-electron chi connectivity index (χ1n) is 8.70. The summed E-state index contributed by atoms with van der Waals surface area (Å²) in [5.41, 5.74) is 4.95. The van der Waals surface area contributed by atoms with Crippen LogP contribution in [0.4, 0.5) is 17.1 Å². The van der Waals surface area contributed by atoms with Gasteiger partial charge in [-0.25, -0.2) is 0 Å². The molecule has 0 bridgehead atoms. The number of benzene rings is 2. The van der Waals surface area contributed by atoms with Gasteiger partial charge in [-0.15, -0.1) is 0 Å². The van der Waals surface area contributed by atoms with Gasteiger partial charge < -0.3 is 15.1 Å². The lowest BCUT2D eigenvalue weighted by Crippen LogP contribution is -2.32. The monoisotopic (exact) mass is 353 g/mol. The normalized spacial score (nSPS) is 10.3. The molecular weight excluding hydrogens is 326 g/mol. The molecule has 2 amide bonds. The second-order valence-electron chi connectivity index (χ2n) is 6.68. The molecular formula is C21H27N3O2. The van der Waals surface area contributed by atoms with Crippen LogP contribution in [0, 0.1) is 13.8 Å². The fourth-order valence-corrected chi connectivity index (χ4v) is 2.64. The quantitative estimate of drug-likeness (QED) is 0.860. The molecule has 0 aliphatic heterocycles. The highest BCUT2D eigenvalue weighted by molar-refractivity contribution is 5.95. The van der Waals surface area contributed by atoms with E-state index in [1.54, 1.807) is 4.90 Å². The van der Waals surface area contributed by atoms with Crippen molar-refractivity contribution in [3.63, 3.8) is 0 Å². The number of amides is 2. The molecule has 2 aromatic rings. The Kier molecular flexibility index (Phi) is 6.39. The summed E-state index contributed by atoms with van der Waals surface area (Å²) in [6.07, 6.45) is 0.238. The average Bonchev–Trinajstić information content (AvgIpc) is 2.58. The summed E-state index contributed by atoms with van der Waals surface area (Å²) in [4.78, 5) is 27.9. The fraction of sp³-hybridized carbons (Fsp3) is 0.333. The zero-order valence-electron chi connectivity index (χ0n) is 16.2. The molecule has 138 valence electrons. The van der Waals surface area contributed by atoms with Crippen molar-refractivity contribution in [2.24, 2.45) is 0 Å². The highest BCUT2D eigenvalue weighted by atomic mass is 16.2. The lowest BCUT2D eigenvalue weighted by Gasteiger charge is -2.22. The Labute approximate surface area is 155 Å². The standard InChI is InChI=1S/C21H27N3O2/c1-15-6-9-20(14-16(15)2)24(17(3)25)13-12-21(26)22-18-7-10-19(11-8-18)23(4)5/h6-11,14H,12-13H2,1-5H3,(H,22,26). The van der Waals surface area contributed by atoms with E-state index in [-0.39, 0.29) is 18.2 Å². The first-order valence-corrected chi connectivity index (χ1v) is 8.70. The second-order valence-corrected chi connectivity index (χ2v) is 6.68. The smallest absolute Gasteiger partial charge is 0.226 e. The molecule has 2 aromatic carbocycles. The summed E-state index contributed by atoms with van der Waals surface area (Å²) in [7, 11) is 3.94. The zero-order valence-corrected chi connectivity index (χ0v) is 16.2. The van der Waals surface area contributed by atoms with Crippen molar-refractivity contribution in [2.45, 2.75) is 27.2 Å². The summed E-state index contributed by atoms with van der Waals surface area (Å²) in [6.45, 7) is 5.92. The summed E-state index contributed by atoms with van der Waals surface area (Å²) < 4.78 is 0. The summed E-state index contributed by atoms with van der Waals surface area (Å²) >= 11 is 0. The molecule has 0 aromatic heterocycles. The molecule has 1 N–H and O–H groups in total. The van der Waals surface area contributed by atoms with Gasteiger partial charge >= 0.3 is 0 Å². The van der Waals surface area contributed by atoms with Gasteiger partial charge in [0, 0.05) is 51.0 Å². The molecule has 0 atom stereocenters. The van der Waals surface area contributed by atoms with Crippen LogP contribution >= 0.6 is 0 Å². The van der Waals surface area contributed by atoms with Crippen LogP contribution in [0.1, 0.15) is 24.5 Å². The van der Waals surface area contributed by atoms with Crippen molar-refractivity contribution in [1.82, 2.24) is 0 Å². The van der Waals surface area contributed by atoms with Crippen molar-refractivity contribution in [2.75, 3.05) is 35.8 Å². The van der Waals surface area contributed by atoms with Crippen LogP contribution < -0.4 is 15.1 Å². The van der Waals surface area contributed by atoms with Crippen molar-refractivity contribution in [1.29, 1.82) is 0 Å². The predicted octanol–water partition coefficient (Wildman–Crippen LogP) is 3.75. The van der Waals surface area contributed by atoms with Gasteiger partial charge in [-0.1, -0.05) is 6.07 Å². The van der Waals surface area contributed by atoms with E-state index < -0.39 is 0 Å². The Morgan fingerprint density at radius 2 is 1.54 bits per heavy atom.